The number of carbonyl (C=O) groups is 2. The van der Waals surface area contributed by atoms with Crippen LogP contribution in [-0.2, 0) is 22.6 Å². The van der Waals surface area contributed by atoms with Gasteiger partial charge >= 0.3 is 6.09 Å². The van der Waals surface area contributed by atoms with Crippen molar-refractivity contribution in [3.63, 3.8) is 0 Å². The maximum atomic E-state index is 11.6. The molecule has 0 spiro atoms. The van der Waals surface area contributed by atoms with Crippen LogP contribution in [0.15, 0.2) is 52.9 Å². The largest absolute Gasteiger partial charge is 0.487 e. The number of nitrogens with one attached hydrogen (secondary N) is 1. The molecule has 1 N–H and O–H groups in total. The Balaban J connectivity index is 1.41. The van der Waals surface area contributed by atoms with Crippen LogP contribution < -0.4 is 14.8 Å². The summed E-state index contributed by atoms with van der Waals surface area (Å²) in [5.74, 6) is 2.15. The molecule has 8 heteroatoms. The van der Waals surface area contributed by atoms with Gasteiger partial charge in [0, 0.05) is 5.56 Å². The van der Waals surface area contributed by atoms with Crippen molar-refractivity contribution in [3.05, 3.63) is 65.5 Å². The highest BCUT2D eigenvalue weighted by molar-refractivity contribution is 5.99. The van der Waals surface area contributed by atoms with E-state index >= 15 is 0 Å². The van der Waals surface area contributed by atoms with E-state index in [2.05, 4.69) is 10.3 Å². The van der Waals surface area contributed by atoms with Gasteiger partial charge in [0.25, 0.3) is 5.91 Å². The van der Waals surface area contributed by atoms with Crippen LogP contribution in [0.3, 0.4) is 0 Å². The van der Waals surface area contributed by atoms with Crippen LogP contribution in [0.1, 0.15) is 43.7 Å². The van der Waals surface area contributed by atoms with Crippen LogP contribution in [0, 0.1) is 6.92 Å². The van der Waals surface area contributed by atoms with E-state index in [4.69, 9.17) is 18.6 Å². The third-order valence-electron chi connectivity index (χ3n) is 5.35. The van der Waals surface area contributed by atoms with Crippen LogP contribution in [0.5, 0.6) is 11.5 Å². The molecule has 178 valence electrons. The lowest BCUT2D eigenvalue weighted by Gasteiger charge is -2.16. The van der Waals surface area contributed by atoms with Crippen molar-refractivity contribution in [3.8, 4) is 23.0 Å². The zero-order valence-corrected chi connectivity index (χ0v) is 19.5. The van der Waals surface area contributed by atoms with Gasteiger partial charge in [-0.25, -0.2) is 9.78 Å². The molecule has 1 atom stereocenters. The van der Waals surface area contributed by atoms with Crippen molar-refractivity contribution < 1.29 is 28.2 Å². The highest BCUT2D eigenvalue weighted by atomic mass is 16.6. The highest BCUT2D eigenvalue weighted by Crippen LogP contribution is 2.31. The summed E-state index contributed by atoms with van der Waals surface area (Å²) in [4.78, 5) is 27.4. The molecule has 1 fully saturated rings. The summed E-state index contributed by atoms with van der Waals surface area (Å²) in [5.41, 5.74) is 2.68. The molecule has 2 amide bonds. The van der Waals surface area contributed by atoms with Crippen LogP contribution >= 0.6 is 0 Å². The maximum Gasteiger partial charge on any atom is 0.414 e. The van der Waals surface area contributed by atoms with E-state index in [-0.39, 0.29) is 18.6 Å². The average Bonchev–Trinajstić information content (AvgIpc) is 3.34. The van der Waals surface area contributed by atoms with Crippen molar-refractivity contribution in [2.45, 2.75) is 58.8 Å². The van der Waals surface area contributed by atoms with Gasteiger partial charge in [0.05, 0.1) is 6.10 Å². The number of imide groups is 1. The quantitative estimate of drug-likeness (QED) is 0.452. The summed E-state index contributed by atoms with van der Waals surface area (Å²) in [6, 6.07) is 15.5. The molecule has 3 aromatic rings. The van der Waals surface area contributed by atoms with Crippen molar-refractivity contribution >= 4 is 12.0 Å². The third-order valence-corrected chi connectivity index (χ3v) is 5.35. The smallest absolute Gasteiger partial charge is 0.414 e. The Hall–Kier alpha value is -3.81. The maximum absolute atomic E-state index is 11.6. The van der Waals surface area contributed by atoms with Crippen molar-refractivity contribution in [1.29, 1.82) is 0 Å². The first-order chi connectivity index (χ1) is 16.4. The molecule has 2 heterocycles. The molecule has 0 bridgehead atoms. The fourth-order valence-corrected chi connectivity index (χ4v) is 3.66. The SMILES string of the molecule is Cc1oc(-c2ccccc2)nc1COc1ccc(CCCC2OC(=O)NC2=O)cc1OC(C)C. The minimum Gasteiger partial charge on any atom is -0.487 e. The Morgan fingerprint density at radius 3 is 2.59 bits per heavy atom. The molecule has 0 aliphatic carbocycles. The summed E-state index contributed by atoms with van der Waals surface area (Å²) in [6.07, 6.45) is 0.435. The lowest BCUT2D eigenvalue weighted by molar-refractivity contribution is -0.123. The molecule has 4 rings (SSSR count). The molecule has 8 nitrogen and oxygen atoms in total. The Labute approximate surface area is 198 Å². The van der Waals surface area contributed by atoms with E-state index in [0.29, 0.717) is 42.4 Å². The van der Waals surface area contributed by atoms with Crippen molar-refractivity contribution in [2.75, 3.05) is 0 Å². The Bertz CT molecular complexity index is 1160. The number of benzene rings is 2. The minimum absolute atomic E-state index is 0.0299. The summed E-state index contributed by atoms with van der Waals surface area (Å²) in [6.45, 7) is 6.03. The third kappa shape index (κ3) is 5.75. The number of alkyl carbamates (subject to hydrolysis) is 1. The van der Waals surface area contributed by atoms with Crippen molar-refractivity contribution in [1.82, 2.24) is 10.3 Å². The zero-order valence-electron chi connectivity index (χ0n) is 19.5. The lowest BCUT2D eigenvalue weighted by Crippen LogP contribution is -2.24. The fourth-order valence-electron chi connectivity index (χ4n) is 3.66. The number of cyclic esters (lactones) is 1. The van der Waals surface area contributed by atoms with Crippen molar-refractivity contribution in [2.24, 2.45) is 0 Å². The molecular weight excluding hydrogens is 436 g/mol. The van der Waals surface area contributed by atoms with Crippen LogP contribution in [-0.4, -0.2) is 29.2 Å². The molecule has 0 radical (unpaired) electrons. The number of carbonyl (C=O) groups excluding carboxylic acids is 2. The van der Waals surface area contributed by atoms with Crippen LogP contribution in [0.2, 0.25) is 0 Å². The molecule has 1 saturated heterocycles. The summed E-state index contributed by atoms with van der Waals surface area (Å²) in [5, 5.41) is 2.15. The number of hydrogen-bond donors (Lipinski definition) is 1. The van der Waals surface area contributed by atoms with Gasteiger partial charge in [0.1, 0.15) is 18.1 Å². The summed E-state index contributed by atoms with van der Waals surface area (Å²) in [7, 11) is 0. The number of nitrogens with zero attached hydrogens (tertiary/aromatic N) is 1. The van der Waals surface area contributed by atoms with Crippen LogP contribution in [0.25, 0.3) is 11.5 Å². The van der Waals surface area contributed by atoms with E-state index in [9.17, 15) is 9.59 Å². The predicted octanol–water partition coefficient (Wildman–Crippen LogP) is 4.97. The van der Waals surface area contributed by atoms with Gasteiger partial charge in [-0.05, 0) is 69.9 Å². The van der Waals surface area contributed by atoms with Gasteiger partial charge in [-0.15, -0.1) is 0 Å². The second kappa shape index (κ2) is 10.4. The summed E-state index contributed by atoms with van der Waals surface area (Å²) < 4.78 is 22.8. The number of aromatic nitrogens is 1. The Morgan fingerprint density at radius 1 is 1.09 bits per heavy atom. The van der Waals surface area contributed by atoms with Crippen LogP contribution in [0.4, 0.5) is 4.79 Å². The minimum atomic E-state index is -0.715. The predicted molar refractivity (Wildman–Crippen MR) is 125 cm³/mol. The number of rotatable bonds is 10. The Morgan fingerprint density at radius 2 is 1.88 bits per heavy atom. The number of amides is 2. The number of ether oxygens (including phenoxy) is 3. The molecular formula is C26H28N2O6. The first kappa shape index (κ1) is 23.4. The molecule has 1 aliphatic heterocycles. The number of hydrogen-bond acceptors (Lipinski definition) is 7. The second-order valence-corrected chi connectivity index (χ2v) is 8.40. The first-order valence-electron chi connectivity index (χ1n) is 11.3. The topological polar surface area (TPSA) is 99.9 Å². The number of oxazole rings is 1. The highest BCUT2D eigenvalue weighted by Gasteiger charge is 2.31. The van der Waals surface area contributed by atoms with E-state index in [1.807, 2.05) is 69.3 Å². The van der Waals surface area contributed by atoms with E-state index in [0.717, 1.165) is 16.8 Å². The molecule has 1 aliphatic rings. The van der Waals surface area contributed by atoms with Gasteiger partial charge in [0.2, 0.25) is 5.89 Å². The standard InChI is InChI=1S/C26H28N2O6/c1-16(2)32-23-14-18(8-7-11-22-24(29)28-26(30)34-22)12-13-21(23)31-15-20-17(3)33-25(27-20)19-9-5-4-6-10-19/h4-6,9-10,12-14,16,22H,7-8,11,15H2,1-3H3,(H,28,29,30). The molecule has 0 saturated carbocycles. The van der Waals surface area contributed by atoms with E-state index in [1.54, 1.807) is 0 Å². The molecule has 1 aromatic heterocycles. The summed E-state index contributed by atoms with van der Waals surface area (Å²) >= 11 is 0. The molecule has 2 aromatic carbocycles. The van der Waals surface area contributed by atoms with Gasteiger partial charge in [0.15, 0.2) is 17.6 Å². The van der Waals surface area contributed by atoms with E-state index < -0.39 is 12.2 Å². The van der Waals surface area contributed by atoms with Gasteiger partial charge in [-0.1, -0.05) is 24.3 Å². The van der Waals surface area contributed by atoms with Gasteiger partial charge in [-0.3, -0.25) is 10.1 Å². The monoisotopic (exact) mass is 464 g/mol. The Kier molecular flexibility index (Phi) is 7.15. The second-order valence-electron chi connectivity index (χ2n) is 8.40. The molecule has 1 unspecified atom stereocenters. The lowest BCUT2D eigenvalue weighted by atomic mass is 10.1. The zero-order chi connectivity index (χ0) is 24.1. The average molecular weight is 465 g/mol. The van der Waals surface area contributed by atoms with Gasteiger partial charge < -0.3 is 18.6 Å². The molecule has 34 heavy (non-hydrogen) atoms. The first-order valence-corrected chi connectivity index (χ1v) is 11.3. The normalized spacial score (nSPS) is 15.4. The van der Waals surface area contributed by atoms with E-state index in [1.165, 1.54) is 0 Å². The fraction of sp³-hybridized carbons (Fsp3) is 0.346. The number of aryl methyl sites for hydroxylation is 2. The van der Waals surface area contributed by atoms with Gasteiger partial charge in [-0.2, -0.15) is 0 Å².